The highest BCUT2D eigenvalue weighted by atomic mass is 19.1. The zero-order valence-electron chi connectivity index (χ0n) is 17.1. The number of hydrogen-bond donors (Lipinski definition) is 1. The van der Waals surface area contributed by atoms with E-state index in [1.165, 1.54) is 6.07 Å². The Bertz CT molecular complexity index is 819. The van der Waals surface area contributed by atoms with E-state index >= 15 is 0 Å². The lowest BCUT2D eigenvalue weighted by atomic mass is 10.0. The Morgan fingerprint density at radius 1 is 1.21 bits per heavy atom. The topological polar surface area (TPSA) is 53.0 Å². The molecule has 0 spiro atoms. The van der Waals surface area contributed by atoms with Crippen LogP contribution in [-0.2, 0) is 11.3 Å². The summed E-state index contributed by atoms with van der Waals surface area (Å²) in [5, 5.41) is 9.41. The SMILES string of the molecule is CC(C)Oc1cccc(CN(CC(=O)O)C2CCN(c3ccccc3F)CC2)c1. The maximum atomic E-state index is 14.1. The molecule has 1 saturated heterocycles. The predicted molar refractivity (Wildman–Crippen MR) is 112 cm³/mol. The van der Waals surface area contributed by atoms with Gasteiger partial charge in [0, 0.05) is 25.7 Å². The molecule has 0 radical (unpaired) electrons. The number of nitrogens with zero attached hydrogens (tertiary/aromatic N) is 2. The second-order valence-corrected chi connectivity index (χ2v) is 7.78. The number of carboxylic acid groups (broad SMARTS) is 1. The van der Waals surface area contributed by atoms with Crippen LogP contribution in [0.4, 0.5) is 10.1 Å². The van der Waals surface area contributed by atoms with Gasteiger partial charge in [-0.2, -0.15) is 0 Å². The smallest absolute Gasteiger partial charge is 0.317 e. The molecule has 1 aliphatic rings. The Balaban J connectivity index is 1.67. The quantitative estimate of drug-likeness (QED) is 0.721. The molecule has 29 heavy (non-hydrogen) atoms. The van der Waals surface area contributed by atoms with E-state index in [-0.39, 0.29) is 24.5 Å². The maximum absolute atomic E-state index is 14.1. The second kappa shape index (κ2) is 9.74. The van der Waals surface area contributed by atoms with Gasteiger partial charge in [-0.3, -0.25) is 9.69 Å². The molecule has 0 aliphatic carbocycles. The fourth-order valence-electron chi connectivity index (χ4n) is 3.89. The monoisotopic (exact) mass is 400 g/mol. The molecule has 0 saturated carbocycles. The number of hydrogen-bond acceptors (Lipinski definition) is 4. The number of para-hydroxylation sites is 1. The van der Waals surface area contributed by atoms with Gasteiger partial charge in [0.05, 0.1) is 18.3 Å². The van der Waals surface area contributed by atoms with Gasteiger partial charge in [0.1, 0.15) is 11.6 Å². The Hall–Kier alpha value is -2.60. The molecule has 6 heteroatoms. The number of anilines is 1. The zero-order valence-corrected chi connectivity index (χ0v) is 17.1. The van der Waals surface area contributed by atoms with Crippen molar-refractivity contribution in [3.63, 3.8) is 0 Å². The van der Waals surface area contributed by atoms with E-state index in [1.807, 2.05) is 54.0 Å². The number of rotatable bonds is 8. The third-order valence-corrected chi connectivity index (χ3v) is 5.17. The summed E-state index contributed by atoms with van der Waals surface area (Å²) in [6.45, 7) is 5.90. The van der Waals surface area contributed by atoms with Gasteiger partial charge in [-0.1, -0.05) is 24.3 Å². The van der Waals surface area contributed by atoms with Crippen LogP contribution in [0.2, 0.25) is 0 Å². The molecular formula is C23H29FN2O3. The summed E-state index contributed by atoms with van der Waals surface area (Å²) in [5.41, 5.74) is 1.65. The average molecular weight is 400 g/mol. The van der Waals surface area contributed by atoms with Crippen molar-refractivity contribution < 1.29 is 19.0 Å². The molecule has 0 unspecified atom stereocenters. The highest BCUT2D eigenvalue weighted by Gasteiger charge is 2.27. The third-order valence-electron chi connectivity index (χ3n) is 5.17. The summed E-state index contributed by atoms with van der Waals surface area (Å²) in [4.78, 5) is 15.5. The number of benzene rings is 2. The first-order chi connectivity index (χ1) is 13.9. The van der Waals surface area contributed by atoms with Crippen molar-refractivity contribution in [2.75, 3.05) is 24.5 Å². The van der Waals surface area contributed by atoms with Crippen LogP contribution in [0.15, 0.2) is 48.5 Å². The fraction of sp³-hybridized carbons (Fsp3) is 0.435. The highest BCUT2D eigenvalue weighted by molar-refractivity contribution is 5.69. The number of carboxylic acids is 1. The lowest BCUT2D eigenvalue weighted by Gasteiger charge is -2.39. The molecule has 0 bridgehead atoms. The molecule has 0 aromatic heterocycles. The Kier molecular flexibility index (Phi) is 7.09. The van der Waals surface area contributed by atoms with Gasteiger partial charge in [0.2, 0.25) is 0 Å². The minimum atomic E-state index is -0.837. The first-order valence-corrected chi connectivity index (χ1v) is 10.1. The standard InChI is InChI=1S/C23H29FN2O3/c1-17(2)29-20-7-5-6-18(14-20)15-26(16-23(27)28)19-10-12-25(13-11-19)22-9-4-3-8-21(22)24/h3-9,14,17,19H,10-13,15-16H2,1-2H3,(H,27,28). The molecule has 156 valence electrons. The molecule has 2 aromatic carbocycles. The highest BCUT2D eigenvalue weighted by Crippen LogP contribution is 2.26. The third kappa shape index (κ3) is 5.94. The zero-order chi connectivity index (χ0) is 20.8. The normalized spacial score (nSPS) is 15.1. The van der Waals surface area contributed by atoms with Crippen molar-refractivity contribution in [1.82, 2.24) is 4.90 Å². The van der Waals surface area contributed by atoms with Gasteiger partial charge in [0.15, 0.2) is 0 Å². The number of carbonyl (C=O) groups is 1. The lowest BCUT2D eigenvalue weighted by Crippen LogP contribution is -2.46. The summed E-state index contributed by atoms with van der Waals surface area (Å²) < 4.78 is 19.8. The predicted octanol–water partition coefficient (Wildman–Crippen LogP) is 4.17. The summed E-state index contributed by atoms with van der Waals surface area (Å²) in [7, 11) is 0. The largest absolute Gasteiger partial charge is 0.491 e. The Morgan fingerprint density at radius 2 is 1.93 bits per heavy atom. The Labute approximate surface area is 171 Å². The van der Waals surface area contributed by atoms with Crippen LogP contribution in [0.1, 0.15) is 32.3 Å². The van der Waals surface area contributed by atoms with Crippen molar-refractivity contribution in [2.24, 2.45) is 0 Å². The molecule has 2 aromatic rings. The van der Waals surface area contributed by atoms with Gasteiger partial charge in [0.25, 0.3) is 0 Å². The van der Waals surface area contributed by atoms with E-state index < -0.39 is 5.97 Å². The van der Waals surface area contributed by atoms with Gasteiger partial charge >= 0.3 is 5.97 Å². The number of ether oxygens (including phenoxy) is 1. The van der Waals surface area contributed by atoms with E-state index in [0.717, 1.165) is 24.2 Å². The molecule has 5 nitrogen and oxygen atoms in total. The van der Waals surface area contributed by atoms with Crippen LogP contribution < -0.4 is 9.64 Å². The second-order valence-electron chi connectivity index (χ2n) is 7.78. The van der Waals surface area contributed by atoms with Crippen molar-refractivity contribution in [1.29, 1.82) is 0 Å². The van der Waals surface area contributed by atoms with Crippen molar-refractivity contribution in [3.05, 3.63) is 59.9 Å². The first kappa shape index (κ1) is 21.1. The number of halogens is 1. The summed E-state index contributed by atoms with van der Waals surface area (Å²) >= 11 is 0. The number of aliphatic carboxylic acids is 1. The lowest BCUT2D eigenvalue weighted by molar-refractivity contribution is -0.139. The summed E-state index contributed by atoms with van der Waals surface area (Å²) in [5.74, 6) is -0.256. The van der Waals surface area contributed by atoms with Crippen LogP contribution >= 0.6 is 0 Å². The molecule has 1 heterocycles. The molecule has 1 fully saturated rings. The van der Waals surface area contributed by atoms with Crippen LogP contribution in [0.25, 0.3) is 0 Å². The average Bonchev–Trinajstić information content (AvgIpc) is 2.67. The maximum Gasteiger partial charge on any atom is 0.317 e. The summed E-state index contributed by atoms with van der Waals surface area (Å²) in [6.07, 6.45) is 1.68. The van der Waals surface area contributed by atoms with Crippen molar-refractivity contribution in [2.45, 2.75) is 45.4 Å². The van der Waals surface area contributed by atoms with E-state index in [2.05, 4.69) is 0 Å². The van der Waals surface area contributed by atoms with Crippen LogP contribution in [0, 0.1) is 5.82 Å². The van der Waals surface area contributed by atoms with Crippen LogP contribution in [0.5, 0.6) is 5.75 Å². The summed E-state index contributed by atoms with van der Waals surface area (Å²) in [6, 6.07) is 14.8. The van der Waals surface area contributed by atoms with E-state index in [0.29, 0.717) is 25.3 Å². The van der Waals surface area contributed by atoms with Crippen LogP contribution in [0.3, 0.4) is 0 Å². The van der Waals surface area contributed by atoms with Gasteiger partial charge in [-0.25, -0.2) is 4.39 Å². The van der Waals surface area contributed by atoms with Crippen molar-refractivity contribution >= 4 is 11.7 Å². The van der Waals surface area contributed by atoms with Gasteiger partial charge < -0.3 is 14.7 Å². The molecule has 1 aliphatic heterocycles. The molecule has 0 amide bonds. The minimum absolute atomic E-state index is 0.0143. The minimum Gasteiger partial charge on any atom is -0.491 e. The molecule has 0 atom stereocenters. The van der Waals surface area contributed by atoms with Crippen LogP contribution in [-0.4, -0.2) is 47.8 Å². The van der Waals surface area contributed by atoms with E-state index in [1.54, 1.807) is 12.1 Å². The molecule has 3 rings (SSSR count). The fourth-order valence-corrected chi connectivity index (χ4v) is 3.89. The van der Waals surface area contributed by atoms with E-state index in [4.69, 9.17) is 4.74 Å². The van der Waals surface area contributed by atoms with Crippen molar-refractivity contribution in [3.8, 4) is 5.75 Å². The number of piperidine rings is 1. The Morgan fingerprint density at radius 3 is 2.59 bits per heavy atom. The van der Waals surface area contributed by atoms with Gasteiger partial charge in [-0.05, 0) is 56.5 Å². The molecular weight excluding hydrogens is 371 g/mol. The first-order valence-electron chi connectivity index (χ1n) is 10.1. The molecule has 1 N–H and O–H groups in total. The van der Waals surface area contributed by atoms with E-state index in [9.17, 15) is 14.3 Å². The van der Waals surface area contributed by atoms with Gasteiger partial charge in [-0.15, -0.1) is 0 Å².